The minimum absolute atomic E-state index is 0.206. The number of hydrogen-bond donors (Lipinski definition) is 2. The number of carbonyl (C=O) groups is 2. The second-order valence-electron chi connectivity index (χ2n) is 5.06. The lowest BCUT2D eigenvalue weighted by atomic mass is 10.1. The molecule has 3 rings (SSSR count). The molecule has 0 saturated carbocycles. The highest BCUT2D eigenvalue weighted by atomic mass is 35.5. The second kappa shape index (κ2) is 6.22. The number of benzene rings is 1. The molecule has 2 N–H and O–H groups in total. The van der Waals surface area contributed by atoms with Crippen LogP contribution < -0.4 is 10.6 Å². The van der Waals surface area contributed by atoms with E-state index in [0.29, 0.717) is 21.2 Å². The van der Waals surface area contributed by atoms with Gasteiger partial charge < -0.3 is 15.4 Å². The Morgan fingerprint density at radius 2 is 2.00 bits per heavy atom. The molecule has 120 valence electrons. The topological polar surface area (TPSA) is 67.4 Å². The third-order valence-electron chi connectivity index (χ3n) is 3.54. The SMILES string of the molecule is CCOC(=O)c1sc(C)c2c1N[C@@H](c1ccc(Cl)cc1)NC2=O. The zero-order valence-corrected chi connectivity index (χ0v) is 14.2. The smallest absolute Gasteiger partial charge is 0.350 e. The monoisotopic (exact) mass is 350 g/mol. The van der Waals surface area contributed by atoms with Crippen molar-refractivity contribution in [3.8, 4) is 0 Å². The maximum Gasteiger partial charge on any atom is 0.350 e. The van der Waals surface area contributed by atoms with Gasteiger partial charge >= 0.3 is 5.97 Å². The van der Waals surface area contributed by atoms with Gasteiger partial charge in [-0.3, -0.25) is 4.79 Å². The van der Waals surface area contributed by atoms with Gasteiger partial charge in [0.15, 0.2) is 0 Å². The lowest BCUT2D eigenvalue weighted by Crippen LogP contribution is -2.38. The van der Waals surface area contributed by atoms with Crippen LogP contribution in [-0.4, -0.2) is 18.5 Å². The van der Waals surface area contributed by atoms with E-state index < -0.39 is 12.1 Å². The summed E-state index contributed by atoms with van der Waals surface area (Å²) in [4.78, 5) is 25.8. The number of carbonyl (C=O) groups excluding carboxylic acids is 2. The van der Waals surface area contributed by atoms with Crippen molar-refractivity contribution in [3.05, 3.63) is 50.2 Å². The minimum Gasteiger partial charge on any atom is -0.462 e. The molecule has 1 aliphatic rings. The second-order valence-corrected chi connectivity index (χ2v) is 6.72. The minimum atomic E-state index is -0.422. The van der Waals surface area contributed by atoms with Crippen LogP contribution in [0.5, 0.6) is 0 Å². The number of hydrogen-bond acceptors (Lipinski definition) is 5. The Hall–Kier alpha value is -2.05. The van der Waals surface area contributed by atoms with Gasteiger partial charge in [-0.25, -0.2) is 4.79 Å². The third kappa shape index (κ3) is 2.92. The highest BCUT2D eigenvalue weighted by Crippen LogP contribution is 2.38. The summed E-state index contributed by atoms with van der Waals surface area (Å²) in [7, 11) is 0. The molecule has 0 fully saturated rings. The molecule has 0 unspecified atom stereocenters. The van der Waals surface area contributed by atoms with Crippen LogP contribution in [-0.2, 0) is 4.74 Å². The average molecular weight is 351 g/mol. The van der Waals surface area contributed by atoms with Crippen LogP contribution in [0, 0.1) is 6.92 Å². The number of ether oxygens (including phenoxy) is 1. The molecule has 1 aromatic carbocycles. The highest BCUT2D eigenvalue weighted by Gasteiger charge is 2.33. The lowest BCUT2D eigenvalue weighted by Gasteiger charge is -2.27. The summed E-state index contributed by atoms with van der Waals surface area (Å²) in [6.07, 6.45) is -0.422. The van der Waals surface area contributed by atoms with Crippen LogP contribution >= 0.6 is 22.9 Å². The average Bonchev–Trinajstić information content (AvgIpc) is 2.86. The van der Waals surface area contributed by atoms with Crippen molar-refractivity contribution in [2.24, 2.45) is 0 Å². The van der Waals surface area contributed by atoms with Crippen molar-refractivity contribution < 1.29 is 14.3 Å². The van der Waals surface area contributed by atoms with Crippen LogP contribution in [0.25, 0.3) is 0 Å². The molecule has 1 aliphatic heterocycles. The van der Waals surface area contributed by atoms with E-state index in [1.54, 1.807) is 19.1 Å². The van der Waals surface area contributed by atoms with Crippen molar-refractivity contribution in [2.75, 3.05) is 11.9 Å². The molecule has 1 aromatic heterocycles. The number of anilines is 1. The predicted octanol–water partition coefficient (Wildman–Crippen LogP) is 3.74. The van der Waals surface area contributed by atoms with E-state index in [0.717, 1.165) is 10.4 Å². The van der Waals surface area contributed by atoms with E-state index >= 15 is 0 Å². The maximum absolute atomic E-state index is 12.4. The predicted molar refractivity (Wildman–Crippen MR) is 90.3 cm³/mol. The molecule has 2 heterocycles. The summed E-state index contributed by atoms with van der Waals surface area (Å²) in [5, 5.41) is 6.74. The van der Waals surface area contributed by atoms with E-state index in [1.807, 2.05) is 19.1 Å². The summed E-state index contributed by atoms with van der Waals surface area (Å²) >= 11 is 7.16. The van der Waals surface area contributed by atoms with Gasteiger partial charge in [0.25, 0.3) is 5.91 Å². The number of fused-ring (bicyclic) bond motifs is 1. The van der Waals surface area contributed by atoms with Crippen LogP contribution in [0.3, 0.4) is 0 Å². The largest absolute Gasteiger partial charge is 0.462 e. The summed E-state index contributed by atoms with van der Waals surface area (Å²) < 4.78 is 5.08. The molecule has 1 atom stereocenters. The number of halogens is 1. The first-order valence-corrected chi connectivity index (χ1v) is 8.34. The number of aryl methyl sites for hydroxylation is 1. The van der Waals surface area contributed by atoms with Gasteiger partial charge in [0.05, 0.1) is 17.9 Å². The molecule has 5 nitrogen and oxygen atoms in total. The van der Waals surface area contributed by atoms with E-state index in [9.17, 15) is 9.59 Å². The number of esters is 1. The normalized spacial score (nSPS) is 16.3. The molecule has 7 heteroatoms. The summed E-state index contributed by atoms with van der Waals surface area (Å²) in [5.41, 5.74) is 1.89. The summed E-state index contributed by atoms with van der Waals surface area (Å²) in [6.45, 7) is 3.86. The van der Waals surface area contributed by atoms with Crippen LogP contribution in [0.2, 0.25) is 5.02 Å². The van der Waals surface area contributed by atoms with Crippen molar-refractivity contribution in [3.63, 3.8) is 0 Å². The first-order chi connectivity index (χ1) is 11.0. The quantitative estimate of drug-likeness (QED) is 0.827. The fourth-order valence-electron chi connectivity index (χ4n) is 2.50. The molecule has 1 amide bonds. The van der Waals surface area contributed by atoms with Gasteiger partial charge in [-0.15, -0.1) is 11.3 Å². The van der Waals surface area contributed by atoms with Crippen molar-refractivity contribution in [1.29, 1.82) is 0 Å². The molecule has 2 aromatic rings. The maximum atomic E-state index is 12.4. The van der Waals surface area contributed by atoms with Crippen molar-refractivity contribution in [2.45, 2.75) is 20.0 Å². The number of rotatable bonds is 3. The summed E-state index contributed by atoms with van der Waals surface area (Å²) in [5.74, 6) is -0.623. The van der Waals surface area contributed by atoms with E-state index in [-0.39, 0.29) is 12.5 Å². The van der Waals surface area contributed by atoms with E-state index in [2.05, 4.69) is 10.6 Å². The summed E-state index contributed by atoms with van der Waals surface area (Å²) in [6, 6.07) is 7.17. The Labute approximate surface area is 142 Å². The van der Waals surface area contributed by atoms with Crippen LogP contribution in [0.1, 0.15) is 43.6 Å². The van der Waals surface area contributed by atoms with Gasteiger partial charge in [-0.2, -0.15) is 0 Å². The first kappa shape index (κ1) is 15.8. The molecule has 0 bridgehead atoms. The Balaban J connectivity index is 1.99. The Bertz CT molecular complexity index is 770. The fraction of sp³-hybridized carbons (Fsp3) is 0.250. The molecule has 0 spiro atoms. The lowest BCUT2D eigenvalue weighted by molar-refractivity contribution is 0.0533. The van der Waals surface area contributed by atoms with Gasteiger partial charge in [-0.05, 0) is 31.5 Å². The van der Waals surface area contributed by atoms with Crippen LogP contribution in [0.4, 0.5) is 5.69 Å². The van der Waals surface area contributed by atoms with Crippen molar-refractivity contribution >= 4 is 40.5 Å². The van der Waals surface area contributed by atoms with Crippen molar-refractivity contribution in [1.82, 2.24) is 5.32 Å². The highest BCUT2D eigenvalue weighted by molar-refractivity contribution is 7.15. The Morgan fingerprint density at radius 1 is 1.30 bits per heavy atom. The Kier molecular flexibility index (Phi) is 4.28. The van der Waals surface area contributed by atoms with Gasteiger partial charge in [-0.1, -0.05) is 23.7 Å². The third-order valence-corrected chi connectivity index (χ3v) is 4.88. The molecule has 0 saturated heterocycles. The number of nitrogens with one attached hydrogen (secondary N) is 2. The molecule has 0 radical (unpaired) electrons. The molecule has 0 aliphatic carbocycles. The number of amides is 1. The standard InChI is InChI=1S/C16H15ClN2O3S/c1-3-22-16(21)13-12-11(8(2)23-13)15(20)19-14(18-12)9-4-6-10(17)7-5-9/h4-7,14,18H,3H2,1-2H3,(H,19,20)/t14-/m1/s1. The van der Waals surface area contributed by atoms with Crippen LogP contribution in [0.15, 0.2) is 24.3 Å². The van der Waals surface area contributed by atoms with E-state index in [4.69, 9.17) is 16.3 Å². The first-order valence-electron chi connectivity index (χ1n) is 7.14. The number of thiophene rings is 1. The zero-order chi connectivity index (χ0) is 16.6. The van der Waals surface area contributed by atoms with Gasteiger partial charge in [0, 0.05) is 9.90 Å². The fourth-order valence-corrected chi connectivity index (χ4v) is 3.64. The Morgan fingerprint density at radius 3 is 2.65 bits per heavy atom. The molecular formula is C16H15ClN2O3S. The van der Waals surface area contributed by atoms with Gasteiger partial charge in [0.1, 0.15) is 11.0 Å². The zero-order valence-electron chi connectivity index (χ0n) is 12.6. The molecular weight excluding hydrogens is 336 g/mol. The molecule has 23 heavy (non-hydrogen) atoms. The van der Waals surface area contributed by atoms with Gasteiger partial charge in [0.2, 0.25) is 0 Å². The van der Waals surface area contributed by atoms with E-state index in [1.165, 1.54) is 11.3 Å².